The van der Waals surface area contributed by atoms with Crippen LogP contribution in [0.1, 0.15) is 30.9 Å². The summed E-state index contributed by atoms with van der Waals surface area (Å²) >= 11 is 0. The molecular formula is C16H25ClN2O. The highest BCUT2D eigenvalue weighted by Crippen LogP contribution is 2.27. The molecule has 2 atom stereocenters. The summed E-state index contributed by atoms with van der Waals surface area (Å²) in [6.45, 7) is 2.77. The Balaban J connectivity index is 0.00000200. The minimum absolute atomic E-state index is 0. The number of rotatable bonds is 5. The van der Waals surface area contributed by atoms with E-state index >= 15 is 0 Å². The predicted octanol–water partition coefficient (Wildman–Crippen LogP) is 2.33. The lowest BCUT2D eigenvalue weighted by Gasteiger charge is -2.24. The Labute approximate surface area is 127 Å². The largest absolute Gasteiger partial charge is 0.355 e. The van der Waals surface area contributed by atoms with Gasteiger partial charge in [-0.25, -0.2) is 0 Å². The van der Waals surface area contributed by atoms with Crippen molar-refractivity contribution in [2.75, 3.05) is 13.6 Å². The number of hydrogen-bond acceptors (Lipinski definition) is 2. The van der Waals surface area contributed by atoms with Crippen LogP contribution in [0.15, 0.2) is 24.3 Å². The number of carbonyl (C=O) groups is 1. The topological polar surface area (TPSA) is 41.1 Å². The first-order valence-corrected chi connectivity index (χ1v) is 7.19. The minimum Gasteiger partial charge on any atom is -0.355 e. The van der Waals surface area contributed by atoms with Crippen molar-refractivity contribution in [2.24, 2.45) is 5.92 Å². The Morgan fingerprint density at radius 3 is 2.75 bits per heavy atom. The highest BCUT2D eigenvalue weighted by molar-refractivity contribution is 5.85. The highest BCUT2D eigenvalue weighted by Gasteiger charge is 2.20. The standard InChI is InChI=1S/C16H24N2O.ClH/c1-12(17-2)11-18-16(19)10-13-7-8-14-5-3-4-6-15(14)9-13;/h3-6,12-13,17H,7-11H2,1-2H3,(H,18,19);1H. The quantitative estimate of drug-likeness (QED) is 0.875. The second kappa shape index (κ2) is 8.28. The molecule has 2 N–H and O–H groups in total. The highest BCUT2D eigenvalue weighted by atomic mass is 35.5. The number of carbonyl (C=O) groups excluding carboxylic acids is 1. The Hall–Kier alpha value is -1.06. The van der Waals surface area contributed by atoms with Gasteiger partial charge in [-0.3, -0.25) is 4.79 Å². The average Bonchev–Trinajstić information content (AvgIpc) is 2.44. The monoisotopic (exact) mass is 296 g/mol. The van der Waals surface area contributed by atoms with Gasteiger partial charge in [-0.2, -0.15) is 0 Å². The number of nitrogens with one attached hydrogen (secondary N) is 2. The maximum atomic E-state index is 11.9. The molecule has 2 rings (SSSR count). The van der Waals surface area contributed by atoms with E-state index in [0.29, 0.717) is 24.9 Å². The Morgan fingerprint density at radius 1 is 1.35 bits per heavy atom. The van der Waals surface area contributed by atoms with Crippen LogP contribution < -0.4 is 10.6 Å². The van der Waals surface area contributed by atoms with Crippen molar-refractivity contribution in [3.05, 3.63) is 35.4 Å². The van der Waals surface area contributed by atoms with Gasteiger partial charge in [0.05, 0.1) is 0 Å². The summed E-state index contributed by atoms with van der Waals surface area (Å²) < 4.78 is 0. The van der Waals surface area contributed by atoms with Crippen molar-refractivity contribution in [2.45, 2.75) is 38.6 Å². The second-order valence-electron chi connectivity index (χ2n) is 5.58. The van der Waals surface area contributed by atoms with Crippen LogP contribution in [0.3, 0.4) is 0 Å². The van der Waals surface area contributed by atoms with E-state index in [9.17, 15) is 4.79 Å². The maximum Gasteiger partial charge on any atom is 0.220 e. The maximum absolute atomic E-state index is 11.9. The van der Waals surface area contributed by atoms with Gasteiger partial charge in [0.15, 0.2) is 0 Å². The lowest BCUT2D eigenvalue weighted by Crippen LogP contribution is -2.38. The molecule has 1 aromatic rings. The van der Waals surface area contributed by atoms with Crippen molar-refractivity contribution in [1.82, 2.24) is 10.6 Å². The molecule has 1 aliphatic carbocycles. The smallest absolute Gasteiger partial charge is 0.220 e. The molecule has 0 saturated heterocycles. The fourth-order valence-corrected chi connectivity index (χ4v) is 2.65. The molecule has 0 aliphatic heterocycles. The third-order valence-electron chi connectivity index (χ3n) is 4.02. The number of hydrogen-bond donors (Lipinski definition) is 2. The summed E-state index contributed by atoms with van der Waals surface area (Å²) in [6, 6.07) is 8.93. The zero-order valence-corrected chi connectivity index (χ0v) is 13.1. The van der Waals surface area contributed by atoms with E-state index in [1.54, 1.807) is 0 Å². The van der Waals surface area contributed by atoms with Gasteiger partial charge in [0.1, 0.15) is 0 Å². The number of amides is 1. The fraction of sp³-hybridized carbons (Fsp3) is 0.562. The van der Waals surface area contributed by atoms with Gasteiger partial charge >= 0.3 is 0 Å². The van der Waals surface area contributed by atoms with Crippen molar-refractivity contribution < 1.29 is 4.79 Å². The SMILES string of the molecule is CNC(C)CNC(=O)CC1CCc2ccccc2C1.Cl. The van der Waals surface area contributed by atoms with Crippen molar-refractivity contribution in [3.63, 3.8) is 0 Å². The molecule has 1 aliphatic rings. The lowest BCUT2D eigenvalue weighted by molar-refractivity contribution is -0.122. The normalized spacial score (nSPS) is 18.6. The molecule has 0 saturated carbocycles. The Bertz CT molecular complexity index is 436. The van der Waals surface area contributed by atoms with Gasteiger partial charge in [-0.1, -0.05) is 24.3 Å². The number of benzene rings is 1. The van der Waals surface area contributed by atoms with Gasteiger partial charge in [0.2, 0.25) is 5.91 Å². The third-order valence-corrected chi connectivity index (χ3v) is 4.02. The molecular weight excluding hydrogens is 272 g/mol. The molecule has 1 aromatic carbocycles. The van der Waals surface area contributed by atoms with Crippen molar-refractivity contribution >= 4 is 18.3 Å². The van der Waals surface area contributed by atoms with Crippen LogP contribution in [0.5, 0.6) is 0 Å². The van der Waals surface area contributed by atoms with Gasteiger partial charge in [0.25, 0.3) is 0 Å². The average molecular weight is 297 g/mol. The summed E-state index contributed by atoms with van der Waals surface area (Å²) in [5.41, 5.74) is 2.89. The molecule has 4 heteroatoms. The Kier molecular flexibility index (Phi) is 7.03. The first-order chi connectivity index (χ1) is 9.19. The molecule has 0 aromatic heterocycles. The number of likely N-dealkylation sites (N-methyl/N-ethyl adjacent to an activating group) is 1. The van der Waals surface area contributed by atoms with E-state index in [-0.39, 0.29) is 18.3 Å². The third kappa shape index (κ3) is 4.80. The molecule has 1 amide bonds. The molecule has 0 radical (unpaired) electrons. The number of halogens is 1. The van der Waals surface area contributed by atoms with E-state index < -0.39 is 0 Å². The fourth-order valence-electron chi connectivity index (χ4n) is 2.65. The van der Waals surface area contributed by atoms with Crippen LogP contribution in [-0.4, -0.2) is 25.5 Å². The summed E-state index contributed by atoms with van der Waals surface area (Å²) in [5, 5.41) is 6.13. The van der Waals surface area contributed by atoms with E-state index in [4.69, 9.17) is 0 Å². The van der Waals surface area contributed by atoms with Crippen LogP contribution in [0.4, 0.5) is 0 Å². The van der Waals surface area contributed by atoms with E-state index in [2.05, 4.69) is 41.8 Å². The predicted molar refractivity (Wildman–Crippen MR) is 85.4 cm³/mol. The molecule has 3 nitrogen and oxygen atoms in total. The molecule has 112 valence electrons. The van der Waals surface area contributed by atoms with Gasteiger partial charge in [-0.15, -0.1) is 12.4 Å². The zero-order valence-electron chi connectivity index (χ0n) is 12.3. The molecule has 0 spiro atoms. The van der Waals surface area contributed by atoms with Gasteiger partial charge in [-0.05, 0) is 50.3 Å². The lowest BCUT2D eigenvalue weighted by atomic mass is 9.82. The number of aryl methyl sites for hydroxylation is 1. The van der Waals surface area contributed by atoms with Gasteiger partial charge in [0, 0.05) is 19.0 Å². The summed E-state index contributed by atoms with van der Waals surface area (Å²) in [7, 11) is 1.91. The first kappa shape index (κ1) is 17.0. The number of fused-ring (bicyclic) bond motifs is 1. The summed E-state index contributed by atoms with van der Waals surface area (Å²) in [5.74, 6) is 0.686. The minimum atomic E-state index is 0. The van der Waals surface area contributed by atoms with Crippen LogP contribution in [0.25, 0.3) is 0 Å². The van der Waals surface area contributed by atoms with Gasteiger partial charge < -0.3 is 10.6 Å². The molecule has 2 unspecified atom stereocenters. The molecule has 0 heterocycles. The van der Waals surface area contributed by atoms with E-state index in [0.717, 1.165) is 19.3 Å². The van der Waals surface area contributed by atoms with Crippen LogP contribution in [0.2, 0.25) is 0 Å². The first-order valence-electron chi connectivity index (χ1n) is 7.19. The molecule has 0 bridgehead atoms. The summed E-state index contributed by atoms with van der Waals surface area (Å²) in [4.78, 5) is 11.9. The zero-order chi connectivity index (χ0) is 13.7. The second-order valence-corrected chi connectivity index (χ2v) is 5.58. The van der Waals surface area contributed by atoms with Crippen LogP contribution in [-0.2, 0) is 17.6 Å². The van der Waals surface area contributed by atoms with E-state index in [1.165, 1.54) is 11.1 Å². The van der Waals surface area contributed by atoms with E-state index in [1.807, 2.05) is 7.05 Å². The molecule has 0 fully saturated rings. The van der Waals surface area contributed by atoms with Crippen molar-refractivity contribution in [1.29, 1.82) is 0 Å². The van der Waals surface area contributed by atoms with Crippen molar-refractivity contribution in [3.8, 4) is 0 Å². The van der Waals surface area contributed by atoms with Crippen LogP contribution in [0, 0.1) is 5.92 Å². The Morgan fingerprint density at radius 2 is 2.05 bits per heavy atom. The summed E-state index contributed by atoms with van der Waals surface area (Å²) in [6.07, 6.45) is 3.95. The van der Waals surface area contributed by atoms with Crippen LogP contribution >= 0.6 is 12.4 Å². The molecule has 20 heavy (non-hydrogen) atoms.